The quantitative estimate of drug-likeness (QED) is 0.450. The van der Waals surface area contributed by atoms with Gasteiger partial charge >= 0.3 is 0 Å². The average Bonchev–Trinajstić information content (AvgIpc) is 2.84. The zero-order valence-corrected chi connectivity index (χ0v) is 18.8. The smallest absolute Gasteiger partial charge is 0.254 e. The molecule has 1 aliphatic heterocycles. The largest absolute Gasteiger partial charge is 0.339 e. The highest BCUT2D eigenvalue weighted by atomic mass is 19.1. The maximum atomic E-state index is 14.4. The number of likely N-dealkylation sites (tertiary alicyclic amines) is 1. The third kappa shape index (κ3) is 4.90. The zero-order chi connectivity index (χ0) is 24.0. The topological polar surface area (TPSA) is 69.9 Å². The van der Waals surface area contributed by atoms with Gasteiger partial charge in [0.15, 0.2) is 0 Å². The summed E-state index contributed by atoms with van der Waals surface area (Å²) >= 11 is 0. The van der Waals surface area contributed by atoms with Gasteiger partial charge in [0.25, 0.3) is 5.91 Å². The molecule has 5 nitrogen and oxygen atoms in total. The van der Waals surface area contributed by atoms with Gasteiger partial charge in [-0.15, -0.1) is 0 Å². The summed E-state index contributed by atoms with van der Waals surface area (Å²) < 4.78 is 28.8. The number of benzene rings is 1. The average molecular weight is 449 g/mol. The number of halogens is 2. The first-order valence-electron chi connectivity index (χ1n) is 10.8. The lowest BCUT2D eigenvalue weighted by Crippen LogP contribution is -2.45. The van der Waals surface area contributed by atoms with E-state index in [1.807, 2.05) is 6.92 Å². The highest BCUT2D eigenvalue weighted by Crippen LogP contribution is 2.45. The Kier molecular flexibility index (Phi) is 7.49. The van der Waals surface area contributed by atoms with Gasteiger partial charge in [-0.05, 0) is 49.6 Å². The Hall–Kier alpha value is -3.66. The SMILES string of the molecule is C=C/C=C\C(C(=O)N1CCC(C#N)(C(C)c2c(F)cccc2F)CC1)=C(/C)c1ccncn1. The summed E-state index contributed by atoms with van der Waals surface area (Å²) in [7, 11) is 0. The summed E-state index contributed by atoms with van der Waals surface area (Å²) in [5.41, 5.74) is 0.746. The van der Waals surface area contributed by atoms with Crippen molar-refractivity contribution in [2.45, 2.75) is 32.6 Å². The molecule has 0 spiro atoms. The van der Waals surface area contributed by atoms with Crippen LogP contribution in [0.1, 0.15) is 43.9 Å². The molecule has 1 aromatic heterocycles. The van der Waals surface area contributed by atoms with E-state index in [4.69, 9.17) is 0 Å². The van der Waals surface area contributed by atoms with Gasteiger partial charge in [0, 0.05) is 36.3 Å². The first-order valence-corrected chi connectivity index (χ1v) is 10.8. The van der Waals surface area contributed by atoms with Crippen molar-refractivity contribution in [3.63, 3.8) is 0 Å². The molecule has 1 unspecified atom stereocenters. The molecule has 2 heterocycles. The Balaban J connectivity index is 1.86. The molecule has 0 saturated carbocycles. The molecule has 0 N–H and O–H groups in total. The van der Waals surface area contributed by atoms with Crippen molar-refractivity contribution >= 4 is 11.5 Å². The van der Waals surface area contributed by atoms with E-state index >= 15 is 0 Å². The minimum absolute atomic E-state index is 0.0760. The third-order valence-corrected chi connectivity index (χ3v) is 6.43. The third-order valence-electron chi connectivity index (χ3n) is 6.43. The summed E-state index contributed by atoms with van der Waals surface area (Å²) in [6.45, 7) is 7.77. The summed E-state index contributed by atoms with van der Waals surface area (Å²) in [5.74, 6) is -2.16. The molecule has 2 aromatic rings. The molecule has 1 aromatic carbocycles. The Labute approximate surface area is 192 Å². The fourth-order valence-corrected chi connectivity index (χ4v) is 4.29. The predicted octanol–water partition coefficient (Wildman–Crippen LogP) is 5.21. The first kappa shape index (κ1) is 24.0. The van der Waals surface area contributed by atoms with E-state index in [1.165, 1.54) is 24.5 Å². The molecule has 1 saturated heterocycles. The maximum Gasteiger partial charge on any atom is 0.254 e. The van der Waals surface area contributed by atoms with Gasteiger partial charge in [-0.1, -0.05) is 31.7 Å². The second kappa shape index (κ2) is 10.3. The number of piperidine rings is 1. The Morgan fingerprint density at radius 1 is 1.27 bits per heavy atom. The van der Waals surface area contributed by atoms with Crippen LogP contribution in [0.15, 0.2) is 67.2 Å². The molecule has 170 valence electrons. The van der Waals surface area contributed by atoms with Crippen molar-refractivity contribution in [1.82, 2.24) is 14.9 Å². The van der Waals surface area contributed by atoms with Crippen LogP contribution in [-0.4, -0.2) is 33.9 Å². The number of allylic oxidation sites excluding steroid dienone is 3. The lowest BCUT2D eigenvalue weighted by molar-refractivity contribution is -0.128. The Morgan fingerprint density at radius 2 is 1.94 bits per heavy atom. The van der Waals surface area contributed by atoms with Crippen LogP contribution in [0.4, 0.5) is 8.78 Å². The number of nitrogens with zero attached hydrogens (tertiary/aromatic N) is 4. The fraction of sp³-hybridized carbons (Fsp3) is 0.308. The highest BCUT2D eigenvalue weighted by molar-refractivity contribution is 6.03. The van der Waals surface area contributed by atoms with Crippen molar-refractivity contribution in [1.29, 1.82) is 5.26 Å². The van der Waals surface area contributed by atoms with E-state index in [0.717, 1.165) is 0 Å². The number of amides is 1. The lowest BCUT2D eigenvalue weighted by Gasteiger charge is -2.41. The number of hydrogen-bond acceptors (Lipinski definition) is 4. The van der Waals surface area contributed by atoms with Crippen LogP contribution in [0.25, 0.3) is 5.57 Å². The van der Waals surface area contributed by atoms with E-state index in [9.17, 15) is 18.8 Å². The van der Waals surface area contributed by atoms with Gasteiger partial charge in [0.2, 0.25) is 0 Å². The summed E-state index contributed by atoms with van der Waals surface area (Å²) in [4.78, 5) is 23.2. The normalized spacial score (nSPS) is 17.2. The fourth-order valence-electron chi connectivity index (χ4n) is 4.29. The molecule has 7 heteroatoms. The van der Waals surface area contributed by atoms with Gasteiger partial charge in [-0.25, -0.2) is 18.7 Å². The van der Waals surface area contributed by atoms with Crippen molar-refractivity contribution in [2.75, 3.05) is 13.1 Å². The molecule has 0 radical (unpaired) electrons. The Morgan fingerprint density at radius 3 is 2.48 bits per heavy atom. The second-order valence-electron chi connectivity index (χ2n) is 8.15. The van der Waals surface area contributed by atoms with Crippen LogP contribution in [-0.2, 0) is 4.79 Å². The van der Waals surface area contributed by atoms with E-state index in [0.29, 0.717) is 42.8 Å². The number of nitriles is 1. The number of carbonyl (C=O) groups excluding carboxylic acids is 1. The minimum atomic E-state index is -0.970. The monoisotopic (exact) mass is 448 g/mol. The molecule has 3 rings (SSSR count). The van der Waals surface area contributed by atoms with Crippen LogP contribution in [0, 0.1) is 28.4 Å². The van der Waals surface area contributed by atoms with Gasteiger partial charge in [0.1, 0.15) is 18.0 Å². The van der Waals surface area contributed by atoms with Gasteiger partial charge in [-0.2, -0.15) is 5.26 Å². The van der Waals surface area contributed by atoms with Crippen molar-refractivity contribution < 1.29 is 13.6 Å². The molecule has 0 aliphatic carbocycles. The summed E-state index contributed by atoms with van der Waals surface area (Å²) in [6.07, 6.45) is 8.62. The maximum absolute atomic E-state index is 14.4. The summed E-state index contributed by atoms with van der Waals surface area (Å²) in [5, 5.41) is 10.00. The zero-order valence-electron chi connectivity index (χ0n) is 18.8. The van der Waals surface area contributed by atoms with Crippen LogP contribution >= 0.6 is 0 Å². The Bertz CT molecular complexity index is 1110. The van der Waals surface area contributed by atoms with E-state index in [-0.39, 0.29) is 11.5 Å². The van der Waals surface area contributed by atoms with Crippen LogP contribution in [0.3, 0.4) is 0 Å². The number of aromatic nitrogens is 2. The molecule has 1 amide bonds. The van der Waals surface area contributed by atoms with Crippen LogP contribution < -0.4 is 0 Å². The number of rotatable bonds is 6. The second-order valence-corrected chi connectivity index (χ2v) is 8.15. The van der Waals surface area contributed by atoms with Gasteiger partial charge in [-0.3, -0.25) is 4.79 Å². The van der Waals surface area contributed by atoms with E-state index in [1.54, 1.807) is 42.3 Å². The standard InChI is InChI=1S/C26H26F2N4O/c1-4-5-7-20(18(2)23-10-13-30-17-31-23)25(33)32-14-11-26(16-29,12-15-32)19(3)24-21(27)8-6-9-22(24)28/h4-10,13,17,19H,1,11-12,14-15H2,2-3H3/b7-5-,20-18-. The summed E-state index contributed by atoms with van der Waals surface area (Å²) in [6, 6.07) is 7.77. The van der Waals surface area contributed by atoms with Crippen molar-refractivity contribution in [2.24, 2.45) is 5.41 Å². The van der Waals surface area contributed by atoms with E-state index < -0.39 is 23.0 Å². The molecule has 0 bridgehead atoms. The van der Waals surface area contributed by atoms with E-state index in [2.05, 4.69) is 22.6 Å². The highest BCUT2D eigenvalue weighted by Gasteiger charge is 2.43. The molecule has 33 heavy (non-hydrogen) atoms. The number of carbonyl (C=O) groups is 1. The minimum Gasteiger partial charge on any atom is -0.339 e. The van der Waals surface area contributed by atoms with Crippen molar-refractivity contribution in [3.8, 4) is 6.07 Å². The molecular weight excluding hydrogens is 422 g/mol. The van der Waals surface area contributed by atoms with Gasteiger partial charge in [0.05, 0.1) is 17.2 Å². The molecule has 1 aliphatic rings. The first-order chi connectivity index (χ1) is 15.8. The van der Waals surface area contributed by atoms with Crippen molar-refractivity contribution in [3.05, 3.63) is 90.1 Å². The molecule has 1 atom stereocenters. The van der Waals surface area contributed by atoms with Gasteiger partial charge < -0.3 is 4.90 Å². The molecule has 1 fully saturated rings. The van der Waals surface area contributed by atoms with Crippen LogP contribution in [0.5, 0.6) is 0 Å². The number of hydrogen-bond donors (Lipinski definition) is 0. The van der Waals surface area contributed by atoms with Crippen LogP contribution in [0.2, 0.25) is 0 Å². The lowest BCUT2D eigenvalue weighted by atomic mass is 9.67. The molecular formula is C26H26F2N4O. The predicted molar refractivity (Wildman–Crippen MR) is 123 cm³/mol.